The van der Waals surface area contributed by atoms with Crippen LogP contribution in [0.3, 0.4) is 0 Å². The fraction of sp³-hybridized carbons (Fsp3) is 0.364. The van der Waals surface area contributed by atoms with Crippen LogP contribution in [-0.2, 0) is 4.79 Å². The summed E-state index contributed by atoms with van der Waals surface area (Å²) in [5.74, 6) is 1.31. The predicted octanol–water partition coefficient (Wildman–Crippen LogP) is 2.72. The highest BCUT2D eigenvalue weighted by Crippen LogP contribution is 2.26. The summed E-state index contributed by atoms with van der Waals surface area (Å²) < 4.78 is 5.94. The highest BCUT2D eigenvalue weighted by molar-refractivity contribution is 5.97. The second kappa shape index (κ2) is 9.37. The number of likely N-dealkylation sites (N-methyl/N-ethyl adjacent to an activating group) is 1. The molecule has 148 valence electrons. The van der Waals surface area contributed by atoms with Gasteiger partial charge in [0.2, 0.25) is 5.91 Å². The van der Waals surface area contributed by atoms with Crippen LogP contribution in [0.25, 0.3) is 0 Å². The Morgan fingerprint density at radius 1 is 0.929 bits per heavy atom. The Morgan fingerprint density at radius 2 is 1.64 bits per heavy atom. The molecule has 1 saturated heterocycles. The molecule has 3 rings (SSSR count). The van der Waals surface area contributed by atoms with Gasteiger partial charge in [0.25, 0.3) is 5.91 Å². The van der Waals surface area contributed by atoms with Crippen molar-refractivity contribution in [2.24, 2.45) is 0 Å². The molecule has 0 aliphatic carbocycles. The Hall–Kier alpha value is -2.86. The number of amides is 2. The number of rotatable bonds is 5. The summed E-state index contributed by atoms with van der Waals surface area (Å²) in [5.41, 5.74) is 0.559. The quantitative estimate of drug-likeness (QED) is 0.799. The molecule has 0 bridgehead atoms. The highest BCUT2D eigenvalue weighted by atomic mass is 16.5. The van der Waals surface area contributed by atoms with E-state index in [1.165, 1.54) is 0 Å². The van der Waals surface area contributed by atoms with E-state index in [-0.39, 0.29) is 11.8 Å². The summed E-state index contributed by atoms with van der Waals surface area (Å²) in [6, 6.07) is 16.8. The lowest BCUT2D eigenvalue weighted by Gasteiger charge is -2.23. The zero-order valence-electron chi connectivity index (χ0n) is 16.5. The average Bonchev–Trinajstić information content (AvgIpc) is 2.94. The van der Waals surface area contributed by atoms with E-state index in [2.05, 4.69) is 4.90 Å². The summed E-state index contributed by atoms with van der Waals surface area (Å²) >= 11 is 0. The first kappa shape index (κ1) is 19.9. The molecule has 1 fully saturated rings. The minimum absolute atomic E-state index is 0.0349. The lowest BCUT2D eigenvalue weighted by atomic mass is 10.1. The molecule has 2 amide bonds. The van der Waals surface area contributed by atoms with Gasteiger partial charge < -0.3 is 14.5 Å². The van der Waals surface area contributed by atoms with Crippen molar-refractivity contribution in [3.63, 3.8) is 0 Å². The van der Waals surface area contributed by atoms with Gasteiger partial charge in [-0.25, -0.2) is 0 Å². The van der Waals surface area contributed by atoms with Crippen LogP contribution in [0.2, 0.25) is 0 Å². The van der Waals surface area contributed by atoms with Crippen molar-refractivity contribution in [2.75, 3.05) is 46.8 Å². The van der Waals surface area contributed by atoms with Gasteiger partial charge in [-0.05, 0) is 30.7 Å². The molecule has 1 heterocycles. The van der Waals surface area contributed by atoms with Crippen LogP contribution in [-0.4, -0.2) is 73.3 Å². The van der Waals surface area contributed by atoms with Crippen LogP contribution in [0, 0.1) is 0 Å². The van der Waals surface area contributed by atoms with E-state index in [0.717, 1.165) is 13.0 Å². The van der Waals surface area contributed by atoms with Gasteiger partial charge in [-0.1, -0.05) is 30.3 Å². The number of hydrogen-bond donors (Lipinski definition) is 0. The fourth-order valence-corrected chi connectivity index (χ4v) is 3.18. The Bertz CT molecular complexity index is 808. The number of carbonyl (C=O) groups is 2. The molecule has 0 saturated carbocycles. The zero-order chi connectivity index (χ0) is 19.9. The van der Waals surface area contributed by atoms with Crippen molar-refractivity contribution in [3.05, 3.63) is 60.2 Å². The minimum atomic E-state index is -0.0349. The monoisotopic (exact) mass is 381 g/mol. The maximum Gasteiger partial charge on any atom is 0.257 e. The first-order chi connectivity index (χ1) is 13.5. The second-order valence-corrected chi connectivity index (χ2v) is 7.12. The molecule has 1 aliphatic rings. The molecule has 2 aromatic carbocycles. The van der Waals surface area contributed by atoms with Crippen molar-refractivity contribution >= 4 is 11.8 Å². The molecule has 0 radical (unpaired) electrons. The fourth-order valence-electron chi connectivity index (χ4n) is 3.18. The standard InChI is InChI=1S/C22H27N3O3/c1-23(2)21(26)17-24-13-8-14-25(16-15-24)22(27)19-11-6-7-12-20(19)28-18-9-4-3-5-10-18/h3-7,9-12H,8,13-17H2,1-2H3. The molecule has 2 aromatic rings. The summed E-state index contributed by atoms with van der Waals surface area (Å²) in [7, 11) is 3.53. The maximum atomic E-state index is 13.2. The first-order valence-corrected chi connectivity index (χ1v) is 9.58. The van der Waals surface area contributed by atoms with Crippen LogP contribution < -0.4 is 4.74 Å². The summed E-state index contributed by atoms with van der Waals surface area (Å²) in [6.45, 7) is 3.16. The number of benzene rings is 2. The third-order valence-electron chi connectivity index (χ3n) is 4.82. The lowest BCUT2D eigenvalue weighted by Crippen LogP contribution is -2.39. The van der Waals surface area contributed by atoms with Gasteiger partial charge in [-0.3, -0.25) is 14.5 Å². The smallest absolute Gasteiger partial charge is 0.257 e. The van der Waals surface area contributed by atoms with Crippen molar-refractivity contribution in [1.82, 2.24) is 14.7 Å². The molecule has 28 heavy (non-hydrogen) atoms. The van der Waals surface area contributed by atoms with E-state index in [0.29, 0.717) is 43.2 Å². The number of carbonyl (C=O) groups excluding carboxylic acids is 2. The van der Waals surface area contributed by atoms with E-state index < -0.39 is 0 Å². The van der Waals surface area contributed by atoms with E-state index >= 15 is 0 Å². The normalized spacial score (nSPS) is 15.0. The number of nitrogens with zero attached hydrogens (tertiary/aromatic N) is 3. The van der Waals surface area contributed by atoms with Crippen LogP contribution in [0.15, 0.2) is 54.6 Å². The van der Waals surface area contributed by atoms with Crippen LogP contribution >= 0.6 is 0 Å². The van der Waals surface area contributed by atoms with Crippen molar-refractivity contribution in [3.8, 4) is 11.5 Å². The predicted molar refractivity (Wildman–Crippen MR) is 109 cm³/mol. The average molecular weight is 381 g/mol. The molecule has 1 aliphatic heterocycles. The topological polar surface area (TPSA) is 53.1 Å². The Balaban J connectivity index is 1.68. The third-order valence-corrected chi connectivity index (χ3v) is 4.82. The molecule has 6 heteroatoms. The third kappa shape index (κ3) is 5.10. The Morgan fingerprint density at radius 3 is 2.39 bits per heavy atom. The minimum Gasteiger partial charge on any atom is -0.457 e. The van der Waals surface area contributed by atoms with Gasteiger partial charge in [0.15, 0.2) is 0 Å². The summed E-state index contributed by atoms with van der Waals surface area (Å²) in [4.78, 5) is 30.7. The summed E-state index contributed by atoms with van der Waals surface area (Å²) in [5, 5.41) is 0. The lowest BCUT2D eigenvalue weighted by molar-refractivity contribution is -0.129. The highest BCUT2D eigenvalue weighted by Gasteiger charge is 2.24. The second-order valence-electron chi connectivity index (χ2n) is 7.12. The van der Waals surface area contributed by atoms with Gasteiger partial charge in [0.1, 0.15) is 11.5 Å². The van der Waals surface area contributed by atoms with E-state index in [1.54, 1.807) is 25.1 Å². The summed E-state index contributed by atoms with van der Waals surface area (Å²) in [6.07, 6.45) is 0.841. The van der Waals surface area contributed by atoms with E-state index in [1.807, 2.05) is 53.4 Å². The van der Waals surface area contributed by atoms with E-state index in [9.17, 15) is 9.59 Å². The Labute approximate surface area is 166 Å². The van der Waals surface area contributed by atoms with Crippen LogP contribution in [0.5, 0.6) is 11.5 Å². The van der Waals surface area contributed by atoms with Crippen molar-refractivity contribution in [1.29, 1.82) is 0 Å². The van der Waals surface area contributed by atoms with Gasteiger partial charge in [0, 0.05) is 40.3 Å². The SMILES string of the molecule is CN(C)C(=O)CN1CCCN(C(=O)c2ccccc2Oc2ccccc2)CC1. The number of hydrogen-bond acceptors (Lipinski definition) is 4. The molecule has 0 unspecified atom stereocenters. The molecule has 0 spiro atoms. The molecular weight excluding hydrogens is 354 g/mol. The van der Waals surface area contributed by atoms with E-state index in [4.69, 9.17) is 4.74 Å². The maximum absolute atomic E-state index is 13.2. The zero-order valence-corrected chi connectivity index (χ0v) is 16.5. The van der Waals surface area contributed by atoms with Gasteiger partial charge in [-0.15, -0.1) is 0 Å². The first-order valence-electron chi connectivity index (χ1n) is 9.58. The van der Waals surface area contributed by atoms with Crippen LogP contribution in [0.4, 0.5) is 0 Å². The molecule has 0 atom stereocenters. The molecule has 0 N–H and O–H groups in total. The number of ether oxygens (including phenoxy) is 1. The molecule has 0 aromatic heterocycles. The number of para-hydroxylation sites is 2. The van der Waals surface area contributed by atoms with Crippen molar-refractivity contribution in [2.45, 2.75) is 6.42 Å². The van der Waals surface area contributed by atoms with Gasteiger partial charge in [-0.2, -0.15) is 0 Å². The molecule has 6 nitrogen and oxygen atoms in total. The Kier molecular flexibility index (Phi) is 6.66. The molecular formula is C22H27N3O3. The largest absolute Gasteiger partial charge is 0.457 e. The van der Waals surface area contributed by atoms with Gasteiger partial charge >= 0.3 is 0 Å². The van der Waals surface area contributed by atoms with Crippen molar-refractivity contribution < 1.29 is 14.3 Å². The van der Waals surface area contributed by atoms with Gasteiger partial charge in [0.05, 0.1) is 12.1 Å². The van der Waals surface area contributed by atoms with Crippen LogP contribution in [0.1, 0.15) is 16.8 Å².